The summed E-state index contributed by atoms with van der Waals surface area (Å²) in [5.41, 5.74) is 5.31. The van der Waals surface area contributed by atoms with Crippen molar-refractivity contribution in [3.8, 4) is 0 Å². The average Bonchev–Trinajstić information content (AvgIpc) is 3.17. The second-order valence-electron chi connectivity index (χ2n) is 12.3. The topological polar surface area (TPSA) is 172 Å². The fourth-order valence-corrected chi connectivity index (χ4v) is 5.00. The van der Waals surface area contributed by atoms with Gasteiger partial charge in [-0.1, -0.05) is 135 Å². The number of hydrogen-bond acceptors (Lipinski definition) is 9. The summed E-state index contributed by atoms with van der Waals surface area (Å²) in [6, 6.07) is -1.55. The molecule has 3 unspecified atom stereocenters. The standard InChI is InChI=1S/C44H66NO10P/c1-3-5-7-9-11-13-15-17-18-19-20-21-22-24-26-28-30-32-34-36-43(47)55-40(38-53-56(50,51)54-39-41(45)44(48)49)37-52-42(46)35-33-31-29-27-25-23-16-14-12-10-8-6-4-2/h5-8,11-14,17-18,20-21,23-26,29-32,40-41H,3-4,9-10,15-16,19,22,27-28,33-39,45H2,1-2H3,(H,48,49)(H,50,51)/b7-5-,8-6-,13-11-,14-12-,18-17-,21-20-,25-23-,26-24-,31-29-,32-30-. The molecule has 0 bridgehead atoms. The van der Waals surface area contributed by atoms with E-state index in [1.807, 2.05) is 36.5 Å². The maximum absolute atomic E-state index is 12.6. The van der Waals surface area contributed by atoms with Crippen molar-refractivity contribution >= 4 is 25.7 Å². The van der Waals surface area contributed by atoms with Gasteiger partial charge >= 0.3 is 25.7 Å². The second-order valence-corrected chi connectivity index (χ2v) is 13.7. The molecular weight excluding hydrogens is 733 g/mol. The molecule has 56 heavy (non-hydrogen) atoms. The van der Waals surface area contributed by atoms with Gasteiger partial charge in [-0.15, -0.1) is 0 Å². The first-order valence-corrected chi connectivity index (χ1v) is 21.1. The highest BCUT2D eigenvalue weighted by Gasteiger charge is 2.28. The Hall–Kier alpha value is -4.12. The fraction of sp³-hybridized carbons (Fsp3) is 0.477. The highest BCUT2D eigenvalue weighted by atomic mass is 31.2. The molecule has 11 nitrogen and oxygen atoms in total. The number of carbonyl (C=O) groups excluding carboxylic acids is 2. The van der Waals surface area contributed by atoms with Crippen LogP contribution in [0.5, 0.6) is 0 Å². The maximum atomic E-state index is 12.6. The minimum atomic E-state index is -4.76. The van der Waals surface area contributed by atoms with E-state index in [0.717, 1.165) is 57.8 Å². The van der Waals surface area contributed by atoms with E-state index in [4.69, 9.17) is 24.8 Å². The van der Waals surface area contributed by atoms with E-state index in [2.05, 4.69) is 103 Å². The molecule has 12 heteroatoms. The van der Waals surface area contributed by atoms with Gasteiger partial charge in [-0.25, -0.2) is 4.57 Å². The minimum Gasteiger partial charge on any atom is -0.480 e. The van der Waals surface area contributed by atoms with Crippen molar-refractivity contribution in [3.05, 3.63) is 122 Å². The Kier molecular flexibility index (Phi) is 35.0. The summed E-state index contributed by atoms with van der Waals surface area (Å²) >= 11 is 0. The third kappa shape index (κ3) is 36.8. The Morgan fingerprint density at radius 3 is 1.25 bits per heavy atom. The van der Waals surface area contributed by atoms with Crippen LogP contribution in [0.15, 0.2) is 122 Å². The van der Waals surface area contributed by atoms with Gasteiger partial charge in [0.25, 0.3) is 0 Å². The predicted octanol–water partition coefficient (Wildman–Crippen LogP) is 10.1. The maximum Gasteiger partial charge on any atom is 0.472 e. The van der Waals surface area contributed by atoms with Crippen LogP contribution in [0.25, 0.3) is 0 Å². The Morgan fingerprint density at radius 1 is 0.536 bits per heavy atom. The molecule has 312 valence electrons. The lowest BCUT2D eigenvalue weighted by Gasteiger charge is -2.20. The summed E-state index contributed by atoms with van der Waals surface area (Å²) < 4.78 is 32.4. The molecule has 0 aromatic carbocycles. The zero-order valence-corrected chi connectivity index (χ0v) is 34.3. The van der Waals surface area contributed by atoms with E-state index in [1.165, 1.54) is 0 Å². The van der Waals surface area contributed by atoms with Crippen molar-refractivity contribution in [2.75, 3.05) is 19.8 Å². The Balaban J connectivity index is 4.68. The van der Waals surface area contributed by atoms with Gasteiger partial charge in [0.1, 0.15) is 12.6 Å². The van der Waals surface area contributed by atoms with Gasteiger partial charge < -0.3 is 25.2 Å². The van der Waals surface area contributed by atoms with Crippen LogP contribution in [-0.4, -0.2) is 59.9 Å². The first kappa shape index (κ1) is 51.9. The van der Waals surface area contributed by atoms with Crippen molar-refractivity contribution in [2.24, 2.45) is 5.73 Å². The van der Waals surface area contributed by atoms with Crippen molar-refractivity contribution in [2.45, 2.75) is 116 Å². The van der Waals surface area contributed by atoms with Crippen LogP contribution in [0.1, 0.15) is 104 Å². The highest BCUT2D eigenvalue weighted by Crippen LogP contribution is 2.43. The van der Waals surface area contributed by atoms with Crippen molar-refractivity contribution in [1.82, 2.24) is 0 Å². The van der Waals surface area contributed by atoms with Crippen molar-refractivity contribution in [3.63, 3.8) is 0 Å². The Labute approximate surface area is 335 Å². The number of nitrogens with two attached hydrogens (primary N) is 1. The summed E-state index contributed by atoms with van der Waals surface area (Å²) in [5, 5.41) is 8.87. The number of allylic oxidation sites excluding steroid dienone is 20. The van der Waals surface area contributed by atoms with Crippen molar-refractivity contribution in [1.29, 1.82) is 0 Å². The molecule has 0 spiro atoms. The monoisotopic (exact) mass is 799 g/mol. The second kappa shape index (κ2) is 37.8. The quantitative estimate of drug-likeness (QED) is 0.0321. The molecule has 0 aromatic heterocycles. The van der Waals surface area contributed by atoms with Gasteiger partial charge in [0.05, 0.1) is 13.2 Å². The third-order valence-corrected chi connectivity index (χ3v) is 8.18. The number of phosphoric ester groups is 1. The first-order chi connectivity index (χ1) is 27.1. The lowest BCUT2D eigenvalue weighted by atomic mass is 10.2. The minimum absolute atomic E-state index is 0.0131. The van der Waals surface area contributed by atoms with Gasteiger partial charge in [-0.3, -0.25) is 23.4 Å². The zero-order valence-electron chi connectivity index (χ0n) is 33.4. The summed E-state index contributed by atoms with van der Waals surface area (Å²) in [6.45, 7) is 2.37. The van der Waals surface area contributed by atoms with E-state index >= 15 is 0 Å². The van der Waals surface area contributed by atoms with Crippen LogP contribution in [-0.2, 0) is 37.5 Å². The van der Waals surface area contributed by atoms with Crippen LogP contribution in [0.2, 0.25) is 0 Å². The molecule has 0 aliphatic rings. The zero-order chi connectivity index (χ0) is 41.4. The summed E-state index contributed by atoms with van der Waals surface area (Å²) in [7, 11) is -4.76. The number of carbonyl (C=O) groups is 3. The SMILES string of the molecule is CC/C=C\C/C=C\C/C=C\C/C=C\C/C=C\C/C=C\CCC(=O)OC(COC(=O)CC/C=C\C/C=C\C/C=C\C/C=C\CC)COP(=O)(O)OCC(N)C(=O)O. The van der Waals surface area contributed by atoms with Crippen LogP contribution >= 0.6 is 7.82 Å². The summed E-state index contributed by atoms with van der Waals surface area (Å²) in [4.78, 5) is 45.7. The molecule has 0 amide bonds. The molecule has 0 rings (SSSR count). The molecular formula is C44H66NO10P. The molecule has 0 radical (unpaired) electrons. The highest BCUT2D eigenvalue weighted by molar-refractivity contribution is 7.47. The Morgan fingerprint density at radius 2 is 0.875 bits per heavy atom. The lowest BCUT2D eigenvalue weighted by molar-refractivity contribution is -0.161. The molecule has 0 aliphatic carbocycles. The van der Waals surface area contributed by atoms with Crippen LogP contribution in [0, 0.1) is 0 Å². The average molecular weight is 800 g/mol. The van der Waals surface area contributed by atoms with E-state index < -0.39 is 57.7 Å². The van der Waals surface area contributed by atoms with Gasteiger partial charge in [0, 0.05) is 12.8 Å². The fourth-order valence-electron chi connectivity index (χ4n) is 4.22. The largest absolute Gasteiger partial charge is 0.480 e. The first-order valence-electron chi connectivity index (χ1n) is 19.6. The van der Waals surface area contributed by atoms with Gasteiger partial charge in [-0.05, 0) is 77.0 Å². The van der Waals surface area contributed by atoms with Gasteiger partial charge in [0.2, 0.25) is 0 Å². The molecule has 0 aromatic rings. The molecule has 0 heterocycles. The van der Waals surface area contributed by atoms with Crippen LogP contribution in [0.4, 0.5) is 0 Å². The number of aliphatic carboxylic acids is 1. The number of esters is 2. The predicted molar refractivity (Wildman–Crippen MR) is 226 cm³/mol. The van der Waals surface area contributed by atoms with Crippen LogP contribution in [0.3, 0.4) is 0 Å². The molecule has 0 aliphatic heterocycles. The van der Waals surface area contributed by atoms with E-state index in [1.54, 1.807) is 0 Å². The Bertz CT molecular complexity index is 1400. The van der Waals surface area contributed by atoms with E-state index in [9.17, 15) is 23.8 Å². The molecule has 0 fully saturated rings. The summed E-state index contributed by atoms with van der Waals surface area (Å²) in [5.74, 6) is -2.61. The summed E-state index contributed by atoms with van der Waals surface area (Å²) in [6.07, 6.45) is 50.2. The van der Waals surface area contributed by atoms with E-state index in [0.29, 0.717) is 19.3 Å². The number of carboxylic acids is 1. The van der Waals surface area contributed by atoms with Gasteiger partial charge in [0.15, 0.2) is 6.10 Å². The third-order valence-electron chi connectivity index (χ3n) is 7.23. The molecule has 3 atom stereocenters. The number of hydrogen-bond donors (Lipinski definition) is 3. The number of phosphoric acid groups is 1. The number of carboxylic acid groups (broad SMARTS) is 1. The lowest BCUT2D eigenvalue weighted by Crippen LogP contribution is -2.34. The van der Waals surface area contributed by atoms with Crippen molar-refractivity contribution < 1.29 is 47.5 Å². The van der Waals surface area contributed by atoms with Crippen LogP contribution < -0.4 is 5.73 Å². The number of rotatable bonds is 34. The molecule has 0 saturated heterocycles. The van der Waals surface area contributed by atoms with E-state index in [-0.39, 0.29) is 12.8 Å². The van der Waals surface area contributed by atoms with Gasteiger partial charge in [-0.2, -0.15) is 0 Å². The molecule has 4 N–H and O–H groups in total. The number of ether oxygens (including phenoxy) is 2. The normalized spacial score (nSPS) is 15.1. The smallest absolute Gasteiger partial charge is 0.472 e. The molecule has 0 saturated carbocycles.